The molecule has 0 radical (unpaired) electrons. The Bertz CT molecular complexity index is 1380. The zero-order valence-electron chi connectivity index (χ0n) is 17.5. The van der Waals surface area contributed by atoms with Gasteiger partial charge in [-0.25, -0.2) is 13.4 Å². The smallest absolute Gasteiger partial charge is 0.261 e. The van der Waals surface area contributed by atoms with Gasteiger partial charge in [0, 0.05) is 6.26 Å². The van der Waals surface area contributed by atoms with E-state index in [9.17, 15) is 13.2 Å². The summed E-state index contributed by atoms with van der Waals surface area (Å²) in [5.74, 6) is -0.390. The number of benzene rings is 3. The predicted octanol–water partition coefficient (Wildman–Crippen LogP) is 5.16. The minimum Gasteiger partial charge on any atom is -0.279 e. The Morgan fingerprint density at radius 3 is 2.39 bits per heavy atom. The Labute approximate surface area is 185 Å². The lowest BCUT2D eigenvalue weighted by atomic mass is 10.1. The molecule has 7 heteroatoms. The van der Waals surface area contributed by atoms with E-state index < -0.39 is 15.7 Å². The first kappa shape index (κ1) is 21.2. The van der Waals surface area contributed by atoms with Gasteiger partial charge in [-0.05, 0) is 48.7 Å². The Morgan fingerprint density at radius 1 is 1.00 bits per heavy atom. The molecule has 0 bridgehead atoms. The van der Waals surface area contributed by atoms with Gasteiger partial charge in [0.15, 0.2) is 15.0 Å². The minimum atomic E-state index is -3.57. The number of aryl methyl sites for hydroxylation is 2. The lowest BCUT2D eigenvalue weighted by Gasteiger charge is -2.21. The largest absolute Gasteiger partial charge is 0.279 e. The highest BCUT2D eigenvalue weighted by Crippen LogP contribution is 2.34. The number of rotatable bonds is 5. The van der Waals surface area contributed by atoms with E-state index in [-0.39, 0.29) is 17.0 Å². The molecule has 0 unspecified atom stereocenters. The average molecular weight is 451 g/mol. The van der Waals surface area contributed by atoms with Crippen LogP contribution in [0.2, 0.25) is 0 Å². The first-order chi connectivity index (χ1) is 14.7. The van der Waals surface area contributed by atoms with E-state index >= 15 is 0 Å². The molecule has 0 N–H and O–H groups in total. The quantitative estimate of drug-likeness (QED) is 0.421. The molecule has 1 amide bonds. The van der Waals surface area contributed by atoms with E-state index in [0.717, 1.165) is 33.2 Å². The molecule has 0 spiro atoms. The number of carbonyl (C=O) groups excluding carboxylic acids is 1. The zero-order chi connectivity index (χ0) is 22.2. The van der Waals surface area contributed by atoms with Gasteiger partial charge < -0.3 is 0 Å². The molecule has 4 rings (SSSR count). The second-order valence-corrected chi connectivity index (χ2v) is 10.5. The maximum absolute atomic E-state index is 13.7. The fourth-order valence-corrected chi connectivity index (χ4v) is 5.48. The Hall–Kier alpha value is -3.03. The molecule has 0 saturated heterocycles. The fourth-order valence-electron chi connectivity index (χ4n) is 3.58. The molecular weight excluding hydrogens is 428 g/mol. The van der Waals surface area contributed by atoms with E-state index in [0.29, 0.717) is 5.13 Å². The molecule has 5 nitrogen and oxygen atoms in total. The molecule has 0 aliphatic heterocycles. The van der Waals surface area contributed by atoms with Crippen LogP contribution in [0.25, 0.3) is 10.2 Å². The summed E-state index contributed by atoms with van der Waals surface area (Å²) in [5.41, 5.74) is 4.11. The van der Waals surface area contributed by atoms with E-state index in [1.54, 1.807) is 23.1 Å². The first-order valence-electron chi connectivity index (χ1n) is 9.77. The third-order valence-corrected chi connectivity index (χ3v) is 7.37. The third kappa shape index (κ3) is 4.38. The highest BCUT2D eigenvalue weighted by Gasteiger charge is 2.26. The second-order valence-electron chi connectivity index (χ2n) is 7.57. The van der Waals surface area contributed by atoms with E-state index in [1.807, 2.05) is 50.2 Å². The monoisotopic (exact) mass is 450 g/mol. The van der Waals surface area contributed by atoms with Crippen LogP contribution in [0.1, 0.15) is 27.0 Å². The number of carbonyl (C=O) groups is 1. The summed E-state index contributed by atoms with van der Waals surface area (Å²) in [5, 5.41) is 0.542. The maximum Gasteiger partial charge on any atom is 0.261 e. The molecule has 1 aromatic heterocycles. The number of thiazole rings is 1. The lowest BCUT2D eigenvalue weighted by molar-refractivity contribution is 0.0982. The van der Waals surface area contributed by atoms with Gasteiger partial charge in [0.1, 0.15) is 0 Å². The number of aromatic nitrogens is 1. The molecule has 0 saturated carbocycles. The molecule has 158 valence electrons. The second kappa shape index (κ2) is 8.24. The SMILES string of the molecule is Cc1cc(C)c2sc(N(Cc3ccccc3)C(=O)c3ccccc3S(C)(=O)=O)nc2c1. The molecule has 0 atom stereocenters. The molecule has 31 heavy (non-hydrogen) atoms. The topological polar surface area (TPSA) is 67.3 Å². The third-order valence-electron chi connectivity index (χ3n) is 4.99. The predicted molar refractivity (Wildman–Crippen MR) is 126 cm³/mol. The van der Waals surface area contributed by atoms with E-state index in [2.05, 4.69) is 6.07 Å². The Morgan fingerprint density at radius 2 is 1.68 bits per heavy atom. The Balaban J connectivity index is 1.87. The number of amides is 1. The van der Waals surface area contributed by atoms with Crippen molar-refractivity contribution >= 4 is 42.4 Å². The van der Waals surface area contributed by atoms with Crippen LogP contribution in [0.3, 0.4) is 0 Å². The highest BCUT2D eigenvalue weighted by molar-refractivity contribution is 7.90. The summed E-state index contributed by atoms with van der Waals surface area (Å²) < 4.78 is 25.6. The van der Waals surface area contributed by atoms with Gasteiger partial charge in [-0.2, -0.15) is 0 Å². The lowest BCUT2D eigenvalue weighted by Crippen LogP contribution is -2.31. The van der Waals surface area contributed by atoms with Gasteiger partial charge in [-0.3, -0.25) is 9.69 Å². The van der Waals surface area contributed by atoms with Crippen LogP contribution >= 0.6 is 11.3 Å². The van der Waals surface area contributed by atoms with Crippen molar-refractivity contribution in [3.05, 3.63) is 89.0 Å². The van der Waals surface area contributed by atoms with Crippen LogP contribution in [0.5, 0.6) is 0 Å². The summed E-state index contributed by atoms with van der Waals surface area (Å²) >= 11 is 1.44. The number of hydrogen-bond acceptors (Lipinski definition) is 5. The van der Waals surface area contributed by atoms with Gasteiger partial charge in [0.2, 0.25) is 0 Å². The molecule has 1 heterocycles. The summed E-state index contributed by atoms with van der Waals surface area (Å²) in [7, 11) is -3.57. The summed E-state index contributed by atoms with van der Waals surface area (Å²) in [4.78, 5) is 20.0. The van der Waals surface area contributed by atoms with E-state index in [1.165, 1.54) is 17.4 Å². The minimum absolute atomic E-state index is 0.0196. The van der Waals surface area contributed by atoms with Gasteiger partial charge in [0.25, 0.3) is 5.91 Å². The van der Waals surface area contributed by atoms with Crippen LogP contribution in [0, 0.1) is 13.8 Å². The summed E-state index contributed by atoms with van der Waals surface area (Å²) in [6.45, 7) is 4.33. The fraction of sp³-hybridized carbons (Fsp3) is 0.167. The van der Waals surface area contributed by atoms with Crippen LogP contribution in [-0.4, -0.2) is 25.6 Å². The zero-order valence-corrected chi connectivity index (χ0v) is 19.1. The molecule has 0 aliphatic rings. The highest BCUT2D eigenvalue weighted by atomic mass is 32.2. The molecule has 3 aromatic carbocycles. The standard InChI is InChI=1S/C24H22N2O3S2/c1-16-13-17(2)22-20(14-16)25-24(30-22)26(15-18-9-5-4-6-10-18)23(27)19-11-7-8-12-21(19)31(3,28)29/h4-14H,15H2,1-3H3. The van der Waals surface area contributed by atoms with Gasteiger partial charge in [0.05, 0.1) is 27.2 Å². The van der Waals surface area contributed by atoms with Crippen LogP contribution < -0.4 is 4.90 Å². The van der Waals surface area contributed by atoms with Crippen molar-refractivity contribution in [3.63, 3.8) is 0 Å². The van der Waals surface area contributed by atoms with Gasteiger partial charge >= 0.3 is 0 Å². The number of nitrogens with zero attached hydrogens (tertiary/aromatic N) is 2. The van der Waals surface area contributed by atoms with Crippen molar-refractivity contribution in [2.24, 2.45) is 0 Å². The molecular formula is C24H22N2O3S2. The molecule has 4 aromatic rings. The number of sulfone groups is 1. The van der Waals surface area contributed by atoms with Crippen molar-refractivity contribution in [1.82, 2.24) is 4.98 Å². The van der Waals surface area contributed by atoms with Crippen molar-refractivity contribution < 1.29 is 13.2 Å². The Kier molecular flexibility index (Phi) is 5.64. The van der Waals surface area contributed by atoms with Crippen molar-refractivity contribution in [2.75, 3.05) is 11.2 Å². The summed E-state index contributed by atoms with van der Waals surface area (Å²) in [6, 6.07) is 20.0. The average Bonchev–Trinajstić information content (AvgIpc) is 3.16. The molecule has 0 aliphatic carbocycles. The van der Waals surface area contributed by atoms with Crippen molar-refractivity contribution in [2.45, 2.75) is 25.3 Å². The normalized spacial score (nSPS) is 11.6. The van der Waals surface area contributed by atoms with Gasteiger partial charge in [-0.1, -0.05) is 59.9 Å². The first-order valence-corrected chi connectivity index (χ1v) is 12.5. The van der Waals surface area contributed by atoms with Crippen LogP contribution in [0.4, 0.5) is 5.13 Å². The number of fused-ring (bicyclic) bond motifs is 1. The van der Waals surface area contributed by atoms with Crippen molar-refractivity contribution in [1.29, 1.82) is 0 Å². The number of hydrogen-bond donors (Lipinski definition) is 0. The molecule has 0 fully saturated rings. The van der Waals surface area contributed by atoms with Gasteiger partial charge in [-0.15, -0.1) is 0 Å². The van der Waals surface area contributed by atoms with Crippen molar-refractivity contribution in [3.8, 4) is 0 Å². The number of anilines is 1. The van der Waals surface area contributed by atoms with Crippen LogP contribution in [0.15, 0.2) is 71.6 Å². The maximum atomic E-state index is 13.7. The van der Waals surface area contributed by atoms with E-state index in [4.69, 9.17) is 4.98 Å². The van der Waals surface area contributed by atoms with Crippen LogP contribution in [-0.2, 0) is 16.4 Å². The summed E-state index contributed by atoms with van der Waals surface area (Å²) in [6.07, 6.45) is 1.12.